The summed E-state index contributed by atoms with van der Waals surface area (Å²) in [5.74, 6) is -0.564. The quantitative estimate of drug-likeness (QED) is 0.713. The van der Waals surface area contributed by atoms with Crippen molar-refractivity contribution in [3.8, 4) is 0 Å². The standard InChI is InChI=1S/C22H34O6/c1-11(2)12-6-7-22(20(24)25)9-8-21(3)13(16(12)22)10-14(26-4)15-17(27-5)18(21)28-19(15)23/h11,13-15,17-19,23H,6-10H2,1-5H3,(H,24,25)/t13-,14+,15+,17+,18+,19-,21-,22+/m1/s1. The van der Waals surface area contributed by atoms with E-state index in [-0.39, 0.29) is 35.6 Å². The first-order valence-electron chi connectivity index (χ1n) is 10.6. The average Bonchev–Trinajstić information content (AvgIpc) is 3.17. The molecule has 3 aliphatic carbocycles. The fourth-order valence-electron chi connectivity index (χ4n) is 6.92. The van der Waals surface area contributed by atoms with Gasteiger partial charge < -0.3 is 24.4 Å². The van der Waals surface area contributed by atoms with Crippen LogP contribution in [0.5, 0.6) is 0 Å². The molecule has 2 saturated carbocycles. The Balaban J connectivity index is 1.89. The van der Waals surface area contributed by atoms with Crippen molar-refractivity contribution in [2.24, 2.45) is 28.6 Å². The minimum absolute atomic E-state index is 0.0577. The number of aliphatic hydroxyl groups excluding tert-OH is 1. The fourth-order valence-corrected chi connectivity index (χ4v) is 6.92. The van der Waals surface area contributed by atoms with Crippen LogP contribution in [0.3, 0.4) is 0 Å². The summed E-state index contributed by atoms with van der Waals surface area (Å²) < 4.78 is 17.8. The molecule has 2 bridgehead atoms. The molecule has 1 aliphatic heterocycles. The number of aliphatic hydroxyl groups is 1. The second-order valence-corrected chi connectivity index (χ2v) is 9.77. The molecule has 2 N–H and O–H groups in total. The Bertz CT molecular complexity index is 687. The van der Waals surface area contributed by atoms with Crippen molar-refractivity contribution in [1.82, 2.24) is 0 Å². The SMILES string of the molecule is CO[C@H]1[C@H]2[C@H](O)O[C@@H]1[C@]1(C)CC[C@@]3(C(=O)O)CCC(C(C)C)=C3[C@H]1C[C@@H]2OC. The highest BCUT2D eigenvalue weighted by Gasteiger charge is 2.66. The lowest BCUT2D eigenvalue weighted by atomic mass is 9.53. The van der Waals surface area contributed by atoms with Crippen molar-refractivity contribution in [1.29, 1.82) is 0 Å². The van der Waals surface area contributed by atoms with Crippen LogP contribution < -0.4 is 0 Å². The van der Waals surface area contributed by atoms with E-state index in [2.05, 4.69) is 20.8 Å². The second-order valence-electron chi connectivity index (χ2n) is 9.77. The molecular formula is C22H34O6. The minimum atomic E-state index is -0.911. The van der Waals surface area contributed by atoms with Gasteiger partial charge in [-0.2, -0.15) is 0 Å². The molecule has 1 heterocycles. The topological polar surface area (TPSA) is 85.2 Å². The number of rotatable bonds is 4. The molecule has 0 aromatic heterocycles. The van der Waals surface area contributed by atoms with Crippen LogP contribution in [0.15, 0.2) is 11.1 Å². The van der Waals surface area contributed by atoms with Crippen LogP contribution in [0.1, 0.15) is 52.9 Å². The Morgan fingerprint density at radius 2 is 1.93 bits per heavy atom. The van der Waals surface area contributed by atoms with Crippen LogP contribution >= 0.6 is 0 Å². The first kappa shape index (κ1) is 20.3. The van der Waals surface area contributed by atoms with E-state index in [0.29, 0.717) is 25.2 Å². The lowest BCUT2D eigenvalue weighted by Crippen LogP contribution is -2.52. The Morgan fingerprint density at radius 3 is 2.50 bits per heavy atom. The minimum Gasteiger partial charge on any atom is -0.481 e. The molecule has 0 spiro atoms. The van der Waals surface area contributed by atoms with Gasteiger partial charge in [-0.25, -0.2) is 0 Å². The van der Waals surface area contributed by atoms with Gasteiger partial charge in [0.25, 0.3) is 0 Å². The number of hydrogen-bond acceptors (Lipinski definition) is 5. The molecule has 1 saturated heterocycles. The molecule has 6 nitrogen and oxygen atoms in total. The predicted octanol–water partition coefficient (Wildman–Crippen LogP) is 2.99. The number of aliphatic carboxylic acids is 1. The van der Waals surface area contributed by atoms with Gasteiger partial charge in [0.15, 0.2) is 6.29 Å². The van der Waals surface area contributed by atoms with Gasteiger partial charge in [0.05, 0.1) is 29.6 Å². The molecule has 4 aliphatic rings. The molecule has 8 atom stereocenters. The summed E-state index contributed by atoms with van der Waals surface area (Å²) in [7, 11) is 3.33. The molecule has 0 amide bonds. The van der Waals surface area contributed by atoms with Crippen molar-refractivity contribution < 1.29 is 29.2 Å². The second kappa shape index (κ2) is 6.79. The fraction of sp³-hybridized carbons (Fsp3) is 0.864. The third kappa shape index (κ3) is 2.51. The van der Waals surface area contributed by atoms with Crippen LogP contribution in [-0.2, 0) is 19.0 Å². The van der Waals surface area contributed by atoms with Gasteiger partial charge in [0, 0.05) is 19.6 Å². The summed E-state index contributed by atoms with van der Waals surface area (Å²) in [6, 6.07) is 0. The summed E-state index contributed by atoms with van der Waals surface area (Å²) in [6.07, 6.45) is 1.96. The Morgan fingerprint density at radius 1 is 1.21 bits per heavy atom. The molecule has 158 valence electrons. The summed E-state index contributed by atoms with van der Waals surface area (Å²) >= 11 is 0. The third-order valence-corrected chi connectivity index (χ3v) is 8.44. The highest BCUT2D eigenvalue weighted by Crippen LogP contribution is 2.65. The van der Waals surface area contributed by atoms with Gasteiger partial charge in [0.2, 0.25) is 0 Å². The van der Waals surface area contributed by atoms with Gasteiger partial charge in [-0.05, 0) is 49.5 Å². The zero-order valence-corrected chi connectivity index (χ0v) is 17.6. The van der Waals surface area contributed by atoms with Gasteiger partial charge in [0.1, 0.15) is 0 Å². The van der Waals surface area contributed by atoms with E-state index in [4.69, 9.17) is 14.2 Å². The van der Waals surface area contributed by atoms with Gasteiger partial charge in [-0.3, -0.25) is 4.79 Å². The number of carboxylic acids is 1. The molecule has 6 heteroatoms. The smallest absolute Gasteiger partial charge is 0.313 e. The monoisotopic (exact) mass is 394 g/mol. The molecule has 28 heavy (non-hydrogen) atoms. The maximum atomic E-state index is 12.5. The van der Waals surface area contributed by atoms with Gasteiger partial charge in [-0.15, -0.1) is 0 Å². The molecule has 3 fully saturated rings. The lowest BCUT2D eigenvalue weighted by molar-refractivity contribution is -0.184. The molecule has 0 aromatic rings. The summed E-state index contributed by atoms with van der Waals surface area (Å²) in [5.41, 5.74) is 1.39. The molecule has 4 rings (SSSR count). The van der Waals surface area contributed by atoms with E-state index in [1.807, 2.05) is 0 Å². The molecule has 0 aromatic carbocycles. The van der Waals surface area contributed by atoms with Crippen LogP contribution in [0, 0.1) is 28.6 Å². The van der Waals surface area contributed by atoms with E-state index in [9.17, 15) is 15.0 Å². The summed E-state index contributed by atoms with van der Waals surface area (Å²) in [4.78, 5) is 12.5. The highest BCUT2D eigenvalue weighted by atomic mass is 16.6. The number of allylic oxidation sites excluding steroid dienone is 1. The molecule has 0 radical (unpaired) electrons. The zero-order valence-electron chi connectivity index (χ0n) is 17.6. The van der Waals surface area contributed by atoms with Crippen LogP contribution in [-0.4, -0.2) is 55.0 Å². The van der Waals surface area contributed by atoms with Crippen molar-refractivity contribution in [2.45, 2.75) is 77.5 Å². The maximum Gasteiger partial charge on any atom is 0.313 e. The average molecular weight is 395 g/mol. The largest absolute Gasteiger partial charge is 0.481 e. The molecule has 0 unspecified atom stereocenters. The van der Waals surface area contributed by atoms with Gasteiger partial charge in [-0.1, -0.05) is 26.3 Å². The van der Waals surface area contributed by atoms with Crippen LogP contribution in [0.25, 0.3) is 0 Å². The first-order valence-corrected chi connectivity index (χ1v) is 10.6. The number of carbonyl (C=O) groups is 1. The third-order valence-electron chi connectivity index (χ3n) is 8.44. The van der Waals surface area contributed by atoms with Crippen molar-refractivity contribution in [3.63, 3.8) is 0 Å². The Hall–Kier alpha value is -0.950. The van der Waals surface area contributed by atoms with E-state index < -0.39 is 17.7 Å². The summed E-state index contributed by atoms with van der Waals surface area (Å²) in [5, 5.41) is 20.9. The van der Waals surface area contributed by atoms with E-state index in [1.54, 1.807) is 14.2 Å². The van der Waals surface area contributed by atoms with Crippen molar-refractivity contribution >= 4 is 5.97 Å². The normalized spacial score (nSPS) is 47.8. The first-order chi connectivity index (χ1) is 13.2. The maximum absolute atomic E-state index is 12.5. The van der Waals surface area contributed by atoms with E-state index in [0.717, 1.165) is 18.4 Å². The predicted molar refractivity (Wildman–Crippen MR) is 103 cm³/mol. The van der Waals surface area contributed by atoms with Gasteiger partial charge >= 0.3 is 5.97 Å². The summed E-state index contributed by atoms with van der Waals surface area (Å²) in [6.45, 7) is 6.54. The van der Waals surface area contributed by atoms with E-state index >= 15 is 0 Å². The van der Waals surface area contributed by atoms with Crippen molar-refractivity contribution in [2.75, 3.05) is 14.2 Å². The highest BCUT2D eigenvalue weighted by molar-refractivity contribution is 5.81. The lowest BCUT2D eigenvalue weighted by Gasteiger charge is -2.52. The number of methoxy groups -OCH3 is 2. The van der Waals surface area contributed by atoms with Crippen LogP contribution in [0.2, 0.25) is 0 Å². The molecular weight excluding hydrogens is 360 g/mol. The van der Waals surface area contributed by atoms with Crippen molar-refractivity contribution in [3.05, 3.63) is 11.1 Å². The number of ether oxygens (including phenoxy) is 3. The Labute approximate surface area is 167 Å². The number of hydrogen-bond donors (Lipinski definition) is 2. The van der Waals surface area contributed by atoms with E-state index in [1.165, 1.54) is 5.57 Å². The Kier molecular flexibility index (Phi) is 4.93. The zero-order chi connectivity index (χ0) is 20.4. The number of carboxylic acid groups (broad SMARTS) is 1. The number of fused-ring (bicyclic) bond motifs is 6. The van der Waals surface area contributed by atoms with Crippen LogP contribution in [0.4, 0.5) is 0 Å².